The number of phosphoric acid groups is 1. The van der Waals surface area contributed by atoms with E-state index in [9.17, 15) is 29.5 Å². The normalized spacial score (nSPS) is 18.3. The van der Waals surface area contributed by atoms with Crippen molar-refractivity contribution >= 4 is 30.7 Å². The first-order valence-corrected chi connectivity index (χ1v) is 12.5. The van der Waals surface area contributed by atoms with Crippen molar-refractivity contribution in [2.45, 2.75) is 51.7 Å². The smallest absolute Gasteiger partial charge is 0.469 e. The van der Waals surface area contributed by atoms with Gasteiger partial charge in [-0.1, -0.05) is 13.8 Å². The van der Waals surface area contributed by atoms with Crippen LogP contribution in [-0.2, 0) is 14.5 Å². The van der Waals surface area contributed by atoms with E-state index in [1.54, 1.807) is 6.07 Å². The number of rotatable bonds is 6. The molecule has 2 aromatic rings. The van der Waals surface area contributed by atoms with Crippen LogP contribution >= 0.6 is 7.82 Å². The van der Waals surface area contributed by atoms with E-state index >= 15 is 0 Å². The Hall–Kier alpha value is -3.06. The Morgan fingerprint density at radius 3 is 2.58 bits per heavy atom. The van der Waals surface area contributed by atoms with Gasteiger partial charge in [0, 0.05) is 5.56 Å². The molecule has 2 heterocycles. The van der Waals surface area contributed by atoms with Gasteiger partial charge in [-0.25, -0.2) is 14.4 Å². The highest BCUT2D eigenvalue weighted by Gasteiger charge is 2.41. The van der Waals surface area contributed by atoms with E-state index in [1.807, 2.05) is 27.7 Å². The van der Waals surface area contributed by atoms with Crippen LogP contribution in [0, 0.1) is 13.8 Å². The topological polar surface area (TPSA) is 209 Å². The number of fused-ring (bicyclic) bond motifs is 1. The molecule has 2 atom stereocenters. The molecule has 0 bridgehead atoms. The Kier molecular flexibility index (Phi) is 6.36. The zero-order chi connectivity index (χ0) is 26.7. The number of aliphatic hydroxyl groups excluding tert-OH is 3. The van der Waals surface area contributed by atoms with E-state index in [4.69, 9.17) is 9.79 Å². The largest absolute Gasteiger partial charge is 0.508 e. The second-order valence-corrected chi connectivity index (χ2v) is 10.8. The van der Waals surface area contributed by atoms with Gasteiger partial charge in [0.25, 0.3) is 5.56 Å². The Balaban J connectivity index is 1.93. The van der Waals surface area contributed by atoms with Crippen molar-refractivity contribution in [1.29, 1.82) is 0 Å². The summed E-state index contributed by atoms with van der Waals surface area (Å²) in [6, 6.07) is 1.79. The standard InChI is InChI=1S/C22H27N4O9P/c1-9-5-12-15-11(6-22(3,4)16(15)10(9)2)23-17-19(24-21(31)25-20(17)30)26(12)7-13(27)18(29)14(28)8-35-36(32,33)34/h5,7,14,18,27-29H,6,8H2,1-4H3,(H2,32,33,34)(H2,24,25,30,31)/b13-7+/t14-,18+/m1/s1. The number of aryl methyl sites for hydroxylation is 1. The number of aliphatic imine (C=N–C) groups is 1. The average Bonchev–Trinajstić information content (AvgIpc) is 2.97. The minimum atomic E-state index is -4.93. The predicted molar refractivity (Wildman–Crippen MR) is 130 cm³/mol. The van der Waals surface area contributed by atoms with Crippen LogP contribution in [0.1, 0.15) is 42.5 Å². The molecule has 0 radical (unpaired) electrons. The van der Waals surface area contributed by atoms with E-state index in [1.165, 1.54) is 4.90 Å². The van der Waals surface area contributed by atoms with Crippen LogP contribution in [-0.4, -0.2) is 59.6 Å². The number of hydrogen-bond acceptors (Lipinski definition) is 9. The van der Waals surface area contributed by atoms with Crippen LogP contribution in [0.3, 0.4) is 0 Å². The first-order chi connectivity index (χ1) is 16.6. The lowest BCUT2D eigenvalue weighted by Crippen LogP contribution is -2.33. The molecule has 36 heavy (non-hydrogen) atoms. The molecule has 0 saturated carbocycles. The number of anilines is 2. The summed E-state index contributed by atoms with van der Waals surface area (Å²) >= 11 is 0. The van der Waals surface area contributed by atoms with E-state index in [0.717, 1.165) is 22.9 Å². The number of aromatic amines is 2. The van der Waals surface area contributed by atoms with Gasteiger partial charge in [0.05, 0.1) is 24.2 Å². The third-order valence-electron chi connectivity index (χ3n) is 6.39. The second-order valence-electron chi connectivity index (χ2n) is 9.53. The number of benzene rings is 1. The summed E-state index contributed by atoms with van der Waals surface area (Å²) in [5.74, 6) is -0.898. The molecule has 1 aliphatic carbocycles. The van der Waals surface area contributed by atoms with E-state index in [0.29, 0.717) is 23.4 Å². The maximum Gasteiger partial charge on any atom is 0.469 e. The summed E-state index contributed by atoms with van der Waals surface area (Å²) in [5, 5.41) is 31.2. The summed E-state index contributed by atoms with van der Waals surface area (Å²) in [6.45, 7) is 6.98. The number of H-pyrrole nitrogens is 2. The van der Waals surface area contributed by atoms with Crippen molar-refractivity contribution in [3.05, 3.63) is 61.1 Å². The lowest BCUT2D eigenvalue weighted by molar-refractivity contribution is -0.0134. The lowest BCUT2D eigenvalue weighted by atomic mass is 9.82. The number of aromatic nitrogens is 2. The van der Waals surface area contributed by atoms with Crippen molar-refractivity contribution in [3.63, 3.8) is 0 Å². The Morgan fingerprint density at radius 2 is 1.94 bits per heavy atom. The first kappa shape index (κ1) is 26.0. The highest BCUT2D eigenvalue weighted by atomic mass is 31.2. The Morgan fingerprint density at radius 1 is 1.28 bits per heavy atom. The Bertz CT molecular complexity index is 1470. The van der Waals surface area contributed by atoms with Gasteiger partial charge in [0.1, 0.15) is 18.0 Å². The molecule has 1 aromatic heterocycles. The molecule has 13 nitrogen and oxygen atoms in total. The van der Waals surface area contributed by atoms with Crippen molar-refractivity contribution in [1.82, 2.24) is 9.97 Å². The molecule has 0 saturated heterocycles. The highest BCUT2D eigenvalue weighted by Crippen LogP contribution is 2.49. The average molecular weight is 522 g/mol. The minimum absolute atomic E-state index is 0.0754. The molecule has 1 aliphatic heterocycles. The molecular weight excluding hydrogens is 495 g/mol. The van der Waals surface area contributed by atoms with Gasteiger partial charge in [-0.15, -0.1) is 0 Å². The van der Waals surface area contributed by atoms with Crippen molar-refractivity contribution in [2.75, 3.05) is 11.5 Å². The fourth-order valence-corrected chi connectivity index (χ4v) is 5.07. The van der Waals surface area contributed by atoms with Crippen LogP contribution in [0.4, 0.5) is 17.2 Å². The van der Waals surface area contributed by atoms with Crippen LogP contribution < -0.4 is 16.1 Å². The monoisotopic (exact) mass is 522 g/mol. The van der Waals surface area contributed by atoms with Crippen LogP contribution in [0.25, 0.3) is 0 Å². The van der Waals surface area contributed by atoms with Gasteiger partial charge >= 0.3 is 13.5 Å². The molecule has 4 rings (SSSR count). The molecule has 0 spiro atoms. The van der Waals surface area contributed by atoms with Crippen LogP contribution in [0.15, 0.2) is 32.6 Å². The third kappa shape index (κ3) is 4.57. The molecule has 194 valence electrons. The van der Waals surface area contributed by atoms with Crippen LogP contribution in [0.2, 0.25) is 0 Å². The fourth-order valence-electron chi connectivity index (χ4n) is 4.72. The first-order valence-electron chi connectivity index (χ1n) is 11.0. The zero-order valence-electron chi connectivity index (χ0n) is 19.9. The summed E-state index contributed by atoms with van der Waals surface area (Å²) in [6.07, 6.45) is -2.42. The van der Waals surface area contributed by atoms with Gasteiger partial charge in [0.2, 0.25) is 0 Å². The molecule has 0 amide bonds. The predicted octanol–water partition coefficient (Wildman–Crippen LogP) is 1.16. The molecular formula is C22H27N4O9P. The summed E-state index contributed by atoms with van der Waals surface area (Å²) in [5.41, 5.74) is 2.64. The number of phosphoric ester groups is 1. The quantitative estimate of drug-likeness (QED) is 0.213. The van der Waals surface area contributed by atoms with Crippen molar-refractivity contribution < 1.29 is 34.2 Å². The van der Waals surface area contributed by atoms with E-state index in [2.05, 4.69) is 19.5 Å². The maximum absolute atomic E-state index is 12.7. The number of aliphatic hydroxyl groups is 3. The van der Waals surface area contributed by atoms with E-state index in [-0.39, 0.29) is 16.9 Å². The molecule has 14 heteroatoms. The van der Waals surface area contributed by atoms with Gasteiger partial charge in [-0.3, -0.25) is 24.2 Å². The molecule has 2 aliphatic rings. The fraction of sp³-hybridized carbons (Fsp3) is 0.409. The van der Waals surface area contributed by atoms with Crippen molar-refractivity contribution in [3.8, 4) is 0 Å². The summed E-state index contributed by atoms with van der Waals surface area (Å²) in [4.78, 5) is 53.1. The Labute approximate surface area is 204 Å². The van der Waals surface area contributed by atoms with Gasteiger partial charge in [-0.2, -0.15) is 0 Å². The minimum Gasteiger partial charge on any atom is -0.508 e. The van der Waals surface area contributed by atoms with Crippen LogP contribution in [0.5, 0.6) is 0 Å². The highest BCUT2D eigenvalue weighted by molar-refractivity contribution is 7.46. The zero-order valence-corrected chi connectivity index (χ0v) is 20.8. The molecule has 7 N–H and O–H groups in total. The van der Waals surface area contributed by atoms with Gasteiger partial charge in [0.15, 0.2) is 11.5 Å². The van der Waals surface area contributed by atoms with Gasteiger partial charge in [-0.05, 0) is 48.4 Å². The number of hydrogen-bond donors (Lipinski definition) is 7. The van der Waals surface area contributed by atoms with Crippen molar-refractivity contribution in [2.24, 2.45) is 4.99 Å². The summed E-state index contributed by atoms with van der Waals surface area (Å²) < 4.78 is 15.1. The van der Waals surface area contributed by atoms with Gasteiger partial charge < -0.3 is 25.1 Å². The second kappa shape index (κ2) is 8.80. The lowest BCUT2D eigenvalue weighted by Gasteiger charge is -2.28. The molecule has 1 aromatic carbocycles. The molecule has 0 unspecified atom stereocenters. The number of nitrogens with one attached hydrogen (secondary N) is 2. The number of nitrogens with zero attached hydrogens (tertiary/aromatic N) is 2. The summed E-state index contributed by atoms with van der Waals surface area (Å²) in [7, 11) is -4.93. The van der Waals surface area contributed by atoms with E-state index < -0.39 is 43.6 Å². The SMILES string of the molecule is Cc1cc2c3c(c1C)C(C)(C)CC3=Nc1c([nH]c(=O)[nH]c1=O)N2/C=C(/O)[C@H](O)[C@H](O)COP(=O)(O)O. The maximum atomic E-state index is 12.7. The molecule has 0 fully saturated rings. The third-order valence-corrected chi connectivity index (χ3v) is 6.87.